The van der Waals surface area contributed by atoms with E-state index in [2.05, 4.69) is 5.32 Å². The number of rotatable bonds is 6. The second kappa shape index (κ2) is 8.17. The third kappa shape index (κ3) is 3.56. The van der Waals surface area contributed by atoms with Gasteiger partial charge in [-0.1, -0.05) is 11.6 Å². The average molecular weight is 425 g/mol. The highest BCUT2D eigenvalue weighted by Crippen LogP contribution is 2.37. The van der Waals surface area contributed by atoms with Crippen LogP contribution in [0.25, 0.3) is 10.1 Å². The summed E-state index contributed by atoms with van der Waals surface area (Å²) in [6.07, 6.45) is 0. The van der Waals surface area contributed by atoms with Crippen molar-refractivity contribution in [2.75, 3.05) is 39.2 Å². The van der Waals surface area contributed by atoms with Gasteiger partial charge in [-0.2, -0.15) is 0 Å². The summed E-state index contributed by atoms with van der Waals surface area (Å²) in [4.78, 5) is 38.1. The van der Waals surface area contributed by atoms with Crippen molar-refractivity contribution in [2.45, 2.75) is 0 Å². The summed E-state index contributed by atoms with van der Waals surface area (Å²) < 4.78 is 10.2. The molecule has 0 unspecified atom stereocenters. The van der Waals surface area contributed by atoms with Crippen LogP contribution in [0.5, 0.6) is 0 Å². The number of carbonyl (C=O) groups is 3. The SMILES string of the molecule is COC(=O)C1=C(Nc2ccc3c(Cl)c(C(=O)OC)sc3c2)C(=O)N(CCO)C1. The van der Waals surface area contributed by atoms with Gasteiger partial charge in [0.2, 0.25) is 0 Å². The van der Waals surface area contributed by atoms with E-state index in [1.165, 1.54) is 30.5 Å². The van der Waals surface area contributed by atoms with Gasteiger partial charge in [0.15, 0.2) is 0 Å². The number of thiophene rings is 1. The van der Waals surface area contributed by atoms with Crippen LogP contribution < -0.4 is 5.32 Å². The van der Waals surface area contributed by atoms with Crippen LogP contribution >= 0.6 is 22.9 Å². The van der Waals surface area contributed by atoms with Crippen LogP contribution in [-0.4, -0.2) is 61.8 Å². The van der Waals surface area contributed by atoms with Crippen molar-refractivity contribution in [1.82, 2.24) is 4.90 Å². The zero-order valence-corrected chi connectivity index (χ0v) is 16.6. The number of carbonyl (C=O) groups excluding carboxylic acids is 3. The molecule has 28 heavy (non-hydrogen) atoms. The number of aliphatic hydroxyl groups excluding tert-OH is 1. The fraction of sp³-hybridized carbons (Fsp3) is 0.278. The van der Waals surface area contributed by atoms with Crippen LogP contribution in [0.15, 0.2) is 29.5 Å². The molecule has 148 valence electrons. The standard InChI is InChI=1S/C18H17ClN2O6S/c1-26-17(24)11-8-21(5-6-22)16(23)14(11)20-9-3-4-10-12(7-9)28-15(13(10)19)18(25)27-2/h3-4,7,20,22H,5-6,8H2,1-2H3. The Morgan fingerprint density at radius 2 is 2.00 bits per heavy atom. The van der Waals surface area contributed by atoms with Crippen LogP contribution in [-0.2, 0) is 19.1 Å². The van der Waals surface area contributed by atoms with Crippen molar-refractivity contribution in [3.63, 3.8) is 0 Å². The number of halogens is 1. The first-order chi connectivity index (χ1) is 13.4. The van der Waals surface area contributed by atoms with Crippen molar-refractivity contribution >= 4 is 56.6 Å². The van der Waals surface area contributed by atoms with Gasteiger partial charge in [0.05, 0.1) is 38.0 Å². The molecule has 10 heteroatoms. The Bertz CT molecular complexity index is 999. The summed E-state index contributed by atoms with van der Waals surface area (Å²) in [6, 6.07) is 5.13. The Balaban J connectivity index is 1.96. The first kappa shape index (κ1) is 20.1. The fourth-order valence-electron chi connectivity index (χ4n) is 2.86. The Morgan fingerprint density at radius 3 is 2.64 bits per heavy atom. The molecule has 8 nitrogen and oxygen atoms in total. The van der Waals surface area contributed by atoms with E-state index < -0.39 is 17.8 Å². The lowest BCUT2D eigenvalue weighted by Gasteiger charge is -2.15. The molecule has 0 saturated heterocycles. The third-order valence-corrected chi connectivity index (χ3v) is 5.86. The largest absolute Gasteiger partial charge is 0.466 e. The van der Waals surface area contributed by atoms with Crippen molar-refractivity contribution < 1.29 is 29.0 Å². The number of hydrogen-bond acceptors (Lipinski definition) is 8. The van der Waals surface area contributed by atoms with Crippen LogP contribution in [0.1, 0.15) is 9.67 Å². The lowest BCUT2D eigenvalue weighted by Crippen LogP contribution is -2.31. The number of amides is 1. The molecule has 0 radical (unpaired) electrons. The van der Waals surface area contributed by atoms with Gasteiger partial charge in [-0.05, 0) is 18.2 Å². The number of ether oxygens (including phenoxy) is 2. The molecule has 2 heterocycles. The second-order valence-electron chi connectivity index (χ2n) is 5.87. The predicted molar refractivity (Wildman–Crippen MR) is 105 cm³/mol. The lowest BCUT2D eigenvalue weighted by molar-refractivity contribution is -0.136. The number of aliphatic hydroxyl groups is 1. The molecule has 1 aromatic heterocycles. The van der Waals surface area contributed by atoms with Gasteiger partial charge in [0, 0.05) is 22.3 Å². The van der Waals surface area contributed by atoms with Crippen molar-refractivity contribution in [1.29, 1.82) is 0 Å². The number of esters is 2. The molecule has 1 aliphatic rings. The Hall–Kier alpha value is -2.62. The van der Waals surface area contributed by atoms with Gasteiger partial charge >= 0.3 is 11.9 Å². The van der Waals surface area contributed by atoms with Crippen molar-refractivity contribution in [2.24, 2.45) is 0 Å². The number of benzene rings is 1. The lowest BCUT2D eigenvalue weighted by atomic mass is 10.2. The minimum absolute atomic E-state index is 0.0496. The van der Waals surface area contributed by atoms with Crippen LogP contribution in [0, 0.1) is 0 Å². The number of anilines is 1. The minimum Gasteiger partial charge on any atom is -0.466 e. The molecule has 0 saturated carbocycles. The topological polar surface area (TPSA) is 105 Å². The van der Waals surface area contributed by atoms with E-state index in [1.54, 1.807) is 18.2 Å². The van der Waals surface area contributed by atoms with Gasteiger partial charge in [-0.3, -0.25) is 4.79 Å². The molecule has 1 amide bonds. The highest BCUT2D eigenvalue weighted by atomic mass is 35.5. The molecular weight excluding hydrogens is 408 g/mol. The monoisotopic (exact) mass is 424 g/mol. The molecule has 3 rings (SSSR count). The number of β-amino-alcohol motifs (C(OH)–C–C–N with tert-alkyl or cyclic N) is 1. The van der Waals surface area contributed by atoms with Gasteiger partial charge < -0.3 is 24.8 Å². The molecule has 0 aliphatic carbocycles. The Morgan fingerprint density at radius 1 is 1.29 bits per heavy atom. The fourth-order valence-corrected chi connectivity index (χ4v) is 4.33. The highest BCUT2D eigenvalue weighted by molar-refractivity contribution is 7.21. The Kier molecular flexibility index (Phi) is 5.87. The first-order valence-electron chi connectivity index (χ1n) is 8.20. The van der Waals surface area contributed by atoms with Crippen molar-refractivity contribution in [3.05, 3.63) is 39.4 Å². The summed E-state index contributed by atoms with van der Waals surface area (Å²) in [5.74, 6) is -1.56. The summed E-state index contributed by atoms with van der Waals surface area (Å²) in [6.45, 7) is -0.0655. The molecule has 2 aromatic rings. The van der Waals surface area contributed by atoms with E-state index in [0.717, 1.165) is 0 Å². The van der Waals surface area contributed by atoms with Crippen LogP contribution in [0.3, 0.4) is 0 Å². The Labute approximate surface area is 169 Å². The summed E-state index contributed by atoms with van der Waals surface area (Å²) in [7, 11) is 2.51. The molecule has 0 fully saturated rings. The zero-order chi connectivity index (χ0) is 20.4. The highest BCUT2D eigenvalue weighted by Gasteiger charge is 2.34. The molecule has 1 aromatic carbocycles. The van der Waals surface area contributed by atoms with Crippen molar-refractivity contribution in [3.8, 4) is 0 Å². The molecular formula is C18H17ClN2O6S. The normalized spacial score (nSPS) is 14.0. The number of nitrogens with zero attached hydrogens (tertiary/aromatic N) is 1. The maximum atomic E-state index is 12.6. The number of methoxy groups -OCH3 is 2. The van der Waals surface area contributed by atoms with E-state index in [-0.39, 0.29) is 35.8 Å². The predicted octanol–water partition coefficient (Wildman–Crippen LogP) is 2.01. The number of nitrogens with one attached hydrogen (secondary N) is 1. The van der Waals surface area contributed by atoms with Crippen LogP contribution in [0.2, 0.25) is 5.02 Å². The maximum absolute atomic E-state index is 12.6. The minimum atomic E-state index is -0.621. The van der Waals surface area contributed by atoms with Gasteiger partial charge in [-0.15, -0.1) is 11.3 Å². The molecule has 0 bridgehead atoms. The van der Waals surface area contributed by atoms with E-state index in [1.807, 2.05) is 0 Å². The van der Waals surface area contributed by atoms with E-state index in [0.29, 0.717) is 20.8 Å². The maximum Gasteiger partial charge on any atom is 0.349 e. The summed E-state index contributed by atoms with van der Waals surface area (Å²) >= 11 is 7.42. The first-order valence-corrected chi connectivity index (χ1v) is 9.39. The molecule has 0 atom stereocenters. The van der Waals surface area contributed by atoms with Gasteiger partial charge in [-0.25, -0.2) is 9.59 Å². The summed E-state index contributed by atoms with van der Waals surface area (Å²) in [5.41, 5.74) is 0.813. The smallest absolute Gasteiger partial charge is 0.349 e. The average Bonchev–Trinajstić information content (AvgIpc) is 3.19. The third-order valence-electron chi connectivity index (χ3n) is 4.22. The van der Waals surface area contributed by atoms with Gasteiger partial charge in [0.1, 0.15) is 10.6 Å². The van der Waals surface area contributed by atoms with E-state index >= 15 is 0 Å². The van der Waals surface area contributed by atoms with E-state index in [4.69, 9.17) is 26.2 Å². The number of fused-ring (bicyclic) bond motifs is 1. The molecule has 2 N–H and O–H groups in total. The summed E-state index contributed by atoms with van der Waals surface area (Å²) in [5, 5.41) is 13.1. The van der Waals surface area contributed by atoms with Gasteiger partial charge in [0.25, 0.3) is 5.91 Å². The number of hydrogen-bond donors (Lipinski definition) is 2. The van der Waals surface area contributed by atoms with E-state index in [9.17, 15) is 14.4 Å². The quantitative estimate of drug-likeness (QED) is 0.683. The zero-order valence-electron chi connectivity index (χ0n) is 15.1. The van der Waals surface area contributed by atoms with Crippen LogP contribution in [0.4, 0.5) is 5.69 Å². The molecule has 0 spiro atoms. The second-order valence-corrected chi connectivity index (χ2v) is 7.30. The molecule has 1 aliphatic heterocycles.